The van der Waals surface area contributed by atoms with E-state index < -0.39 is 0 Å². The molecule has 0 bridgehead atoms. The van der Waals surface area contributed by atoms with Gasteiger partial charge in [-0.1, -0.05) is 0 Å². The van der Waals surface area contributed by atoms with Gasteiger partial charge in [-0.3, -0.25) is 4.90 Å². The molecule has 0 unspecified atom stereocenters. The van der Waals surface area contributed by atoms with Crippen LogP contribution in [0.4, 0.5) is 0 Å². The van der Waals surface area contributed by atoms with Gasteiger partial charge in [-0.05, 0) is 20.8 Å². The molecule has 0 aromatic heterocycles. The Morgan fingerprint density at radius 2 is 2.23 bits per heavy atom. The lowest BCUT2D eigenvalue weighted by atomic mass is 10.0. The van der Waals surface area contributed by atoms with E-state index in [0.717, 1.165) is 19.7 Å². The van der Waals surface area contributed by atoms with Crippen LogP contribution in [0.2, 0.25) is 0 Å². The zero-order valence-corrected chi connectivity index (χ0v) is 9.17. The largest absolute Gasteiger partial charge is 0.382 e. The highest BCUT2D eigenvalue weighted by Gasteiger charge is 2.32. The van der Waals surface area contributed by atoms with E-state index in [4.69, 9.17) is 9.47 Å². The summed E-state index contributed by atoms with van der Waals surface area (Å²) in [6.07, 6.45) is 0. The molecule has 0 N–H and O–H groups in total. The van der Waals surface area contributed by atoms with E-state index in [1.165, 1.54) is 0 Å². The van der Waals surface area contributed by atoms with Crippen molar-refractivity contribution in [1.82, 2.24) is 4.90 Å². The normalized spacial score (nSPS) is 31.2. The minimum absolute atomic E-state index is 0.114. The Labute approximate surface area is 81.0 Å². The maximum Gasteiger partial charge on any atom is 0.101 e. The predicted molar refractivity (Wildman–Crippen MR) is 52.9 cm³/mol. The molecule has 3 nitrogen and oxygen atoms in total. The van der Waals surface area contributed by atoms with Crippen LogP contribution in [0.15, 0.2) is 0 Å². The molecule has 1 aliphatic rings. The van der Waals surface area contributed by atoms with Gasteiger partial charge in [0.15, 0.2) is 0 Å². The Balaban J connectivity index is 2.49. The van der Waals surface area contributed by atoms with Gasteiger partial charge in [0, 0.05) is 26.2 Å². The molecule has 0 aromatic rings. The smallest absolute Gasteiger partial charge is 0.101 e. The van der Waals surface area contributed by atoms with Crippen molar-refractivity contribution in [2.24, 2.45) is 0 Å². The van der Waals surface area contributed by atoms with Crippen molar-refractivity contribution in [2.45, 2.75) is 32.4 Å². The van der Waals surface area contributed by atoms with Crippen molar-refractivity contribution in [3.63, 3.8) is 0 Å². The fourth-order valence-electron chi connectivity index (χ4n) is 1.80. The van der Waals surface area contributed by atoms with E-state index in [-0.39, 0.29) is 5.60 Å². The molecule has 0 radical (unpaired) electrons. The highest BCUT2D eigenvalue weighted by atomic mass is 16.5. The molecule has 3 heteroatoms. The van der Waals surface area contributed by atoms with Crippen molar-refractivity contribution in [3.8, 4) is 0 Å². The molecule has 0 saturated carbocycles. The van der Waals surface area contributed by atoms with Gasteiger partial charge in [-0.15, -0.1) is 0 Å². The molecule has 0 aliphatic carbocycles. The van der Waals surface area contributed by atoms with Crippen molar-refractivity contribution >= 4 is 0 Å². The summed E-state index contributed by atoms with van der Waals surface area (Å²) in [7, 11) is 1.73. The maximum atomic E-state index is 5.72. The molecule has 0 amide bonds. The molecular formula is C10H21NO2. The van der Waals surface area contributed by atoms with Crippen molar-refractivity contribution < 1.29 is 9.47 Å². The van der Waals surface area contributed by atoms with Gasteiger partial charge in [0.25, 0.3) is 0 Å². The van der Waals surface area contributed by atoms with Crippen molar-refractivity contribution in [1.29, 1.82) is 0 Å². The highest BCUT2D eigenvalue weighted by Crippen LogP contribution is 2.19. The third-order valence-electron chi connectivity index (χ3n) is 2.55. The van der Waals surface area contributed by atoms with E-state index in [0.29, 0.717) is 12.6 Å². The van der Waals surface area contributed by atoms with E-state index in [1.54, 1.807) is 7.11 Å². The van der Waals surface area contributed by atoms with Crippen LogP contribution in [0.25, 0.3) is 0 Å². The summed E-state index contributed by atoms with van der Waals surface area (Å²) < 4.78 is 10.9. The van der Waals surface area contributed by atoms with Crippen LogP contribution < -0.4 is 0 Å². The molecular weight excluding hydrogens is 166 g/mol. The molecule has 1 aliphatic heterocycles. The Morgan fingerprint density at radius 1 is 1.54 bits per heavy atom. The van der Waals surface area contributed by atoms with Gasteiger partial charge in [0.1, 0.15) is 5.60 Å². The topological polar surface area (TPSA) is 21.7 Å². The van der Waals surface area contributed by atoms with Crippen LogP contribution in [0.5, 0.6) is 0 Å². The molecule has 1 fully saturated rings. The predicted octanol–water partition coefficient (Wildman–Crippen LogP) is 1.13. The lowest BCUT2D eigenvalue weighted by molar-refractivity contribution is -0.133. The highest BCUT2D eigenvalue weighted by molar-refractivity contribution is 4.84. The van der Waals surface area contributed by atoms with Gasteiger partial charge >= 0.3 is 0 Å². The molecule has 1 rings (SSSR count). The van der Waals surface area contributed by atoms with Gasteiger partial charge in [0.05, 0.1) is 13.2 Å². The molecule has 0 aromatic carbocycles. The zero-order valence-electron chi connectivity index (χ0n) is 9.17. The van der Waals surface area contributed by atoms with E-state index in [2.05, 4.69) is 25.7 Å². The first kappa shape index (κ1) is 11.0. The summed E-state index contributed by atoms with van der Waals surface area (Å²) in [6, 6.07) is 0.597. The fourth-order valence-corrected chi connectivity index (χ4v) is 1.80. The number of rotatable bonds is 3. The first-order valence-electron chi connectivity index (χ1n) is 4.94. The Hall–Kier alpha value is -0.120. The summed E-state index contributed by atoms with van der Waals surface area (Å²) in [5.74, 6) is 0. The fraction of sp³-hybridized carbons (Fsp3) is 1.00. The number of nitrogens with zero attached hydrogens (tertiary/aromatic N) is 1. The summed E-state index contributed by atoms with van der Waals surface area (Å²) >= 11 is 0. The first-order chi connectivity index (χ1) is 6.07. The molecule has 1 atom stereocenters. The summed E-state index contributed by atoms with van der Waals surface area (Å²) in [5.41, 5.74) is -0.114. The van der Waals surface area contributed by atoms with E-state index >= 15 is 0 Å². The monoisotopic (exact) mass is 187 g/mol. The van der Waals surface area contributed by atoms with Crippen molar-refractivity contribution in [3.05, 3.63) is 0 Å². The molecule has 0 spiro atoms. The average molecular weight is 187 g/mol. The molecule has 78 valence electrons. The van der Waals surface area contributed by atoms with Gasteiger partial charge in [-0.2, -0.15) is 0 Å². The average Bonchev–Trinajstić information content (AvgIpc) is 2.04. The van der Waals surface area contributed by atoms with Crippen LogP contribution >= 0.6 is 0 Å². The second kappa shape index (κ2) is 4.40. The van der Waals surface area contributed by atoms with Crippen molar-refractivity contribution in [2.75, 3.05) is 33.4 Å². The number of morpholine rings is 1. The number of hydrogen-bond donors (Lipinski definition) is 0. The molecule has 13 heavy (non-hydrogen) atoms. The molecule has 1 saturated heterocycles. The summed E-state index contributed by atoms with van der Waals surface area (Å²) in [4.78, 5) is 2.43. The second-order valence-electron chi connectivity index (χ2n) is 4.30. The SMILES string of the molecule is COC[C@@]1(C)CN(C(C)C)CCO1. The minimum atomic E-state index is -0.114. The van der Waals surface area contributed by atoms with Crippen LogP contribution in [-0.2, 0) is 9.47 Å². The second-order valence-corrected chi connectivity index (χ2v) is 4.30. The Morgan fingerprint density at radius 3 is 2.77 bits per heavy atom. The van der Waals surface area contributed by atoms with E-state index in [1.807, 2.05) is 0 Å². The zero-order chi connectivity index (χ0) is 9.90. The van der Waals surface area contributed by atoms with Crippen LogP contribution in [0.3, 0.4) is 0 Å². The Kier molecular flexibility index (Phi) is 3.71. The van der Waals surface area contributed by atoms with Crippen LogP contribution in [-0.4, -0.2) is 50.0 Å². The minimum Gasteiger partial charge on any atom is -0.382 e. The van der Waals surface area contributed by atoms with Gasteiger partial charge in [-0.25, -0.2) is 0 Å². The number of ether oxygens (including phenoxy) is 2. The lowest BCUT2D eigenvalue weighted by Crippen LogP contribution is -2.54. The standard InChI is InChI=1S/C10H21NO2/c1-9(2)11-5-6-13-10(3,7-11)8-12-4/h9H,5-8H2,1-4H3/t10-/m1/s1. The summed E-state index contributed by atoms with van der Waals surface area (Å²) in [5, 5.41) is 0. The van der Waals surface area contributed by atoms with Crippen LogP contribution in [0, 0.1) is 0 Å². The maximum absolute atomic E-state index is 5.72. The molecule has 1 heterocycles. The van der Waals surface area contributed by atoms with E-state index in [9.17, 15) is 0 Å². The van der Waals surface area contributed by atoms with Gasteiger partial charge < -0.3 is 9.47 Å². The number of methoxy groups -OCH3 is 1. The number of hydrogen-bond acceptors (Lipinski definition) is 3. The lowest BCUT2D eigenvalue weighted by Gasteiger charge is -2.41. The Bertz CT molecular complexity index is 157. The first-order valence-corrected chi connectivity index (χ1v) is 4.94. The third kappa shape index (κ3) is 2.93. The summed E-state index contributed by atoms with van der Waals surface area (Å²) in [6.45, 7) is 10.1. The quantitative estimate of drug-likeness (QED) is 0.661. The third-order valence-corrected chi connectivity index (χ3v) is 2.55. The van der Waals surface area contributed by atoms with Crippen LogP contribution in [0.1, 0.15) is 20.8 Å². The van der Waals surface area contributed by atoms with Gasteiger partial charge in [0.2, 0.25) is 0 Å².